The van der Waals surface area contributed by atoms with Crippen LogP contribution in [0.5, 0.6) is 0 Å². The predicted molar refractivity (Wildman–Crippen MR) is 99.5 cm³/mol. The van der Waals surface area contributed by atoms with E-state index in [-0.39, 0.29) is 12.6 Å². The molecule has 0 aliphatic heterocycles. The van der Waals surface area contributed by atoms with Gasteiger partial charge in [0.2, 0.25) is 0 Å². The van der Waals surface area contributed by atoms with Gasteiger partial charge >= 0.3 is 0 Å². The highest BCUT2D eigenvalue weighted by atomic mass is 16.3. The first-order chi connectivity index (χ1) is 12.2. The quantitative estimate of drug-likeness (QED) is 0.533. The number of aliphatic hydroxyl groups excluding tert-OH is 1. The zero-order valence-electron chi connectivity index (χ0n) is 14.2. The molecule has 0 bridgehead atoms. The molecule has 0 amide bonds. The lowest BCUT2D eigenvalue weighted by molar-refractivity contribution is 0.282. The largest absolute Gasteiger partial charge is 0.392 e. The zero-order chi connectivity index (χ0) is 17.6. The molecular weight excluding hydrogens is 312 g/mol. The van der Waals surface area contributed by atoms with Crippen molar-refractivity contribution < 1.29 is 5.11 Å². The number of aromatic nitrogens is 2. The van der Waals surface area contributed by atoms with Gasteiger partial charge in [-0.1, -0.05) is 61.5 Å². The Balaban J connectivity index is 1.89. The molecule has 0 aliphatic rings. The van der Waals surface area contributed by atoms with Crippen molar-refractivity contribution in [1.82, 2.24) is 9.97 Å². The van der Waals surface area contributed by atoms with Crippen LogP contribution in [0.4, 0.5) is 5.82 Å². The molecule has 1 unspecified atom stereocenters. The van der Waals surface area contributed by atoms with Gasteiger partial charge in [-0.2, -0.15) is 0 Å². The smallest absolute Gasteiger partial charge is 0.162 e. The minimum absolute atomic E-state index is 0.0256. The van der Waals surface area contributed by atoms with Crippen LogP contribution in [0.15, 0.2) is 67.0 Å². The number of nitrogens with zero attached hydrogens (tertiary/aromatic N) is 3. The molecule has 0 fully saturated rings. The minimum atomic E-state index is 0.0256. The number of aliphatic hydroxyl groups is 1. The van der Waals surface area contributed by atoms with E-state index in [9.17, 15) is 0 Å². The molecule has 0 aliphatic carbocycles. The molecule has 25 heavy (non-hydrogen) atoms. The van der Waals surface area contributed by atoms with Gasteiger partial charge in [0.05, 0.1) is 30.7 Å². The Hall–Kier alpha value is -2.76. The molecule has 3 aromatic rings. The summed E-state index contributed by atoms with van der Waals surface area (Å²) in [5, 5.41) is 10.8. The number of hydrogen-bond acceptors (Lipinski definition) is 5. The standard InChI is InChI=1S/C20H22N4O/c1-2-19(17-6-4-3-5-7-17)24(21)20-13-22-12-18(23-20)16-10-8-15(14-25)9-11-16/h3-13,19,25H,2,14,21H2,1H3. The van der Waals surface area contributed by atoms with E-state index >= 15 is 0 Å². The predicted octanol–water partition coefficient (Wildman–Crippen LogP) is 3.47. The normalized spacial score (nSPS) is 12.0. The number of anilines is 1. The highest BCUT2D eigenvalue weighted by molar-refractivity contribution is 5.60. The van der Waals surface area contributed by atoms with Crippen molar-refractivity contribution >= 4 is 5.82 Å². The third-order valence-electron chi connectivity index (χ3n) is 4.23. The van der Waals surface area contributed by atoms with Crippen LogP contribution in [0.3, 0.4) is 0 Å². The summed E-state index contributed by atoms with van der Waals surface area (Å²) in [5.41, 5.74) is 3.70. The van der Waals surface area contributed by atoms with Crippen molar-refractivity contribution in [2.75, 3.05) is 5.01 Å². The molecular formula is C20H22N4O. The molecule has 0 saturated carbocycles. The Morgan fingerprint density at radius 1 is 1.04 bits per heavy atom. The first kappa shape index (κ1) is 17.1. The summed E-state index contributed by atoms with van der Waals surface area (Å²) < 4.78 is 0. The van der Waals surface area contributed by atoms with E-state index in [1.807, 2.05) is 42.5 Å². The van der Waals surface area contributed by atoms with Crippen LogP contribution in [0.2, 0.25) is 0 Å². The molecule has 2 aromatic carbocycles. The molecule has 0 spiro atoms. The third kappa shape index (κ3) is 3.84. The Kier molecular flexibility index (Phi) is 5.38. The Morgan fingerprint density at radius 3 is 2.40 bits per heavy atom. The van der Waals surface area contributed by atoms with Gasteiger partial charge in [0.15, 0.2) is 5.82 Å². The van der Waals surface area contributed by atoms with Crippen LogP contribution in [0.25, 0.3) is 11.3 Å². The van der Waals surface area contributed by atoms with Crippen molar-refractivity contribution in [3.05, 3.63) is 78.1 Å². The summed E-state index contributed by atoms with van der Waals surface area (Å²) in [6.07, 6.45) is 4.25. The topological polar surface area (TPSA) is 75.3 Å². The van der Waals surface area contributed by atoms with E-state index in [0.29, 0.717) is 5.82 Å². The summed E-state index contributed by atoms with van der Waals surface area (Å²) in [6, 6.07) is 17.8. The second-order valence-electron chi connectivity index (χ2n) is 5.86. The number of hydrazine groups is 1. The average molecular weight is 334 g/mol. The second kappa shape index (κ2) is 7.88. The minimum Gasteiger partial charge on any atom is -0.392 e. The second-order valence-corrected chi connectivity index (χ2v) is 5.86. The highest BCUT2D eigenvalue weighted by Gasteiger charge is 2.18. The lowest BCUT2D eigenvalue weighted by Crippen LogP contribution is -2.35. The molecule has 5 nitrogen and oxygen atoms in total. The number of benzene rings is 2. The molecule has 128 valence electrons. The number of nitrogens with two attached hydrogens (primary N) is 1. The van der Waals surface area contributed by atoms with Gasteiger partial charge in [0.25, 0.3) is 0 Å². The first-order valence-corrected chi connectivity index (χ1v) is 8.34. The highest BCUT2D eigenvalue weighted by Crippen LogP contribution is 2.27. The summed E-state index contributed by atoms with van der Waals surface area (Å²) in [7, 11) is 0. The fraction of sp³-hybridized carbons (Fsp3) is 0.200. The number of hydrogen-bond donors (Lipinski definition) is 2. The van der Waals surface area contributed by atoms with Crippen molar-refractivity contribution in [3.8, 4) is 11.3 Å². The fourth-order valence-electron chi connectivity index (χ4n) is 2.83. The van der Waals surface area contributed by atoms with Crippen LogP contribution in [0.1, 0.15) is 30.5 Å². The molecule has 1 heterocycles. The van der Waals surface area contributed by atoms with Crippen molar-refractivity contribution in [2.45, 2.75) is 26.0 Å². The van der Waals surface area contributed by atoms with Gasteiger partial charge in [-0.3, -0.25) is 9.99 Å². The SMILES string of the molecule is CCC(c1ccccc1)N(N)c1cncc(-c2ccc(CO)cc2)n1. The van der Waals surface area contributed by atoms with E-state index in [0.717, 1.165) is 28.8 Å². The van der Waals surface area contributed by atoms with Crippen LogP contribution in [-0.2, 0) is 6.61 Å². The summed E-state index contributed by atoms with van der Waals surface area (Å²) in [5.74, 6) is 7.00. The van der Waals surface area contributed by atoms with E-state index in [4.69, 9.17) is 10.9 Å². The van der Waals surface area contributed by atoms with Crippen molar-refractivity contribution in [1.29, 1.82) is 0 Å². The van der Waals surface area contributed by atoms with E-state index in [2.05, 4.69) is 29.0 Å². The van der Waals surface area contributed by atoms with Gasteiger partial charge in [0.1, 0.15) is 0 Å². The molecule has 1 atom stereocenters. The molecule has 0 radical (unpaired) electrons. The summed E-state index contributed by atoms with van der Waals surface area (Å²) >= 11 is 0. The van der Waals surface area contributed by atoms with Gasteiger partial charge in [-0.05, 0) is 17.5 Å². The van der Waals surface area contributed by atoms with Crippen LogP contribution in [0, 0.1) is 0 Å². The lowest BCUT2D eigenvalue weighted by atomic mass is 10.0. The Labute approximate surface area is 147 Å². The van der Waals surface area contributed by atoms with Crippen LogP contribution >= 0.6 is 0 Å². The molecule has 1 aromatic heterocycles. The van der Waals surface area contributed by atoms with E-state index in [1.54, 1.807) is 17.4 Å². The number of rotatable bonds is 6. The molecule has 3 N–H and O–H groups in total. The Morgan fingerprint density at radius 2 is 1.76 bits per heavy atom. The lowest BCUT2D eigenvalue weighted by Gasteiger charge is -2.27. The van der Waals surface area contributed by atoms with Gasteiger partial charge < -0.3 is 5.11 Å². The average Bonchev–Trinajstić information content (AvgIpc) is 2.69. The van der Waals surface area contributed by atoms with Gasteiger partial charge in [0, 0.05) is 5.56 Å². The summed E-state index contributed by atoms with van der Waals surface area (Å²) in [6.45, 7) is 2.13. The van der Waals surface area contributed by atoms with E-state index in [1.165, 1.54) is 0 Å². The van der Waals surface area contributed by atoms with Crippen LogP contribution in [-0.4, -0.2) is 15.1 Å². The fourth-order valence-corrected chi connectivity index (χ4v) is 2.83. The maximum atomic E-state index is 9.16. The van der Waals surface area contributed by atoms with Crippen molar-refractivity contribution in [2.24, 2.45) is 5.84 Å². The maximum Gasteiger partial charge on any atom is 0.162 e. The van der Waals surface area contributed by atoms with E-state index < -0.39 is 0 Å². The third-order valence-corrected chi connectivity index (χ3v) is 4.23. The first-order valence-electron chi connectivity index (χ1n) is 8.34. The summed E-state index contributed by atoms with van der Waals surface area (Å²) in [4.78, 5) is 8.97. The zero-order valence-corrected chi connectivity index (χ0v) is 14.2. The maximum absolute atomic E-state index is 9.16. The van der Waals surface area contributed by atoms with Gasteiger partial charge in [-0.15, -0.1) is 0 Å². The monoisotopic (exact) mass is 334 g/mol. The molecule has 5 heteroatoms. The van der Waals surface area contributed by atoms with Crippen LogP contribution < -0.4 is 10.9 Å². The van der Waals surface area contributed by atoms with Gasteiger partial charge in [-0.25, -0.2) is 10.8 Å². The molecule has 0 saturated heterocycles. The Bertz CT molecular complexity index is 805. The van der Waals surface area contributed by atoms with Crippen molar-refractivity contribution in [3.63, 3.8) is 0 Å². The molecule has 3 rings (SSSR count).